The predicted octanol–water partition coefficient (Wildman–Crippen LogP) is 6.08. The molecule has 0 unspecified atom stereocenters. The maximum Gasteiger partial charge on any atom is 0.115 e. The van der Waals surface area contributed by atoms with E-state index in [1.165, 1.54) is 24.2 Å². The Morgan fingerprint density at radius 1 is 0.963 bits per heavy atom. The van der Waals surface area contributed by atoms with Crippen molar-refractivity contribution in [3.05, 3.63) is 96.9 Å². The Kier molecular flexibility index (Phi) is 19.3. The summed E-state index contributed by atoms with van der Waals surface area (Å²) in [4.78, 5) is 0. The smallest absolute Gasteiger partial charge is 0.115 e. The number of para-hydroxylation sites is 2. The van der Waals surface area contributed by atoms with Crippen molar-refractivity contribution in [2.75, 3.05) is 0 Å². The second kappa shape index (κ2) is 19.0. The van der Waals surface area contributed by atoms with Gasteiger partial charge in [-0.1, -0.05) is 64.3 Å². The molecule has 0 saturated carbocycles. The molecule has 5 heteroatoms. The number of aromatic hydroxyl groups is 2. The summed E-state index contributed by atoms with van der Waals surface area (Å²) in [6.45, 7) is 9.26. The zero-order valence-corrected chi connectivity index (χ0v) is 19.8. The average Bonchev–Trinajstić information content (AvgIpc) is 3.16. The minimum atomic E-state index is -1.36. The van der Waals surface area contributed by atoms with E-state index in [1.54, 1.807) is 48.5 Å². The fourth-order valence-electron chi connectivity index (χ4n) is 1.20. The van der Waals surface area contributed by atoms with Crippen molar-refractivity contribution in [1.29, 1.82) is 0 Å². The van der Waals surface area contributed by atoms with Crippen LogP contribution in [0.15, 0.2) is 85.5 Å². The summed E-state index contributed by atoms with van der Waals surface area (Å²) in [5.74, 6) is 0.644. The Bertz CT molecular complexity index is 606. The number of phenols is 2. The van der Waals surface area contributed by atoms with E-state index in [1.807, 2.05) is 43.9 Å². The van der Waals surface area contributed by atoms with Gasteiger partial charge < -0.3 is 15.6 Å². The van der Waals surface area contributed by atoms with E-state index in [0.29, 0.717) is 11.5 Å². The van der Waals surface area contributed by atoms with Gasteiger partial charge in [0.15, 0.2) is 0 Å². The normalized spacial score (nSPS) is 10.3. The molecule has 3 rings (SSSR count). The monoisotopic (exact) mass is 457 g/mol. The number of allylic oxidation sites excluding steroid dienone is 4. The van der Waals surface area contributed by atoms with E-state index in [4.69, 9.17) is 15.6 Å². The molecule has 2 aromatic rings. The van der Waals surface area contributed by atoms with Crippen LogP contribution >= 0.6 is 0 Å². The molecule has 0 amide bonds. The van der Waals surface area contributed by atoms with Crippen molar-refractivity contribution in [3.8, 4) is 11.5 Å². The summed E-state index contributed by atoms with van der Waals surface area (Å²) >= 11 is 1.27. The molecule has 27 heavy (non-hydrogen) atoms. The number of rotatable bonds is 0. The van der Waals surface area contributed by atoms with Crippen molar-refractivity contribution < 1.29 is 34.4 Å². The van der Waals surface area contributed by atoms with Gasteiger partial charge in [0.05, 0.1) is 0 Å². The fourth-order valence-corrected chi connectivity index (χ4v) is 1.20. The van der Waals surface area contributed by atoms with E-state index in [2.05, 4.69) is 22.1 Å². The van der Waals surface area contributed by atoms with Crippen molar-refractivity contribution in [3.63, 3.8) is 0 Å². The molecule has 0 fully saturated rings. The Labute approximate surface area is 180 Å². The number of hydrogen-bond acceptors (Lipinski definition) is 2. The zero-order chi connectivity index (χ0) is 21.0. The number of hydrogen-bond donors (Lipinski definition) is 2. The van der Waals surface area contributed by atoms with Crippen LogP contribution in [0.1, 0.15) is 6.42 Å². The molecule has 0 spiro atoms. The molecule has 3 N–H and O–H groups in total. The number of benzene rings is 2. The summed E-state index contributed by atoms with van der Waals surface area (Å²) in [5, 5.41) is 24.3. The third-order valence-corrected chi connectivity index (χ3v) is 2.10. The van der Waals surface area contributed by atoms with Gasteiger partial charge in [-0.15, -0.1) is 6.42 Å². The molecule has 3 nitrogen and oxygen atoms in total. The average molecular weight is 459 g/mol. The van der Waals surface area contributed by atoms with Crippen LogP contribution in [0, 0.1) is 6.08 Å². The van der Waals surface area contributed by atoms with Crippen LogP contribution in [-0.2, 0) is 24.2 Å². The molecule has 1 aliphatic rings. The predicted molar refractivity (Wildman–Crippen MR) is 116 cm³/mol. The zero-order valence-electron chi connectivity index (χ0n) is 16.3. The largest absolute Gasteiger partial charge is 0.680 e. The van der Waals surface area contributed by atoms with Crippen molar-refractivity contribution in [2.45, 2.75) is 26.1 Å². The van der Waals surface area contributed by atoms with Gasteiger partial charge in [-0.25, -0.2) is 12.2 Å². The van der Waals surface area contributed by atoms with E-state index in [-0.39, 0.29) is 0 Å². The molecule has 0 heterocycles. The quantitative estimate of drug-likeness (QED) is 0.371. The molecule has 0 radical (unpaired) electrons. The van der Waals surface area contributed by atoms with E-state index >= 15 is 0 Å². The van der Waals surface area contributed by atoms with Gasteiger partial charge in [0.25, 0.3) is 0 Å². The Morgan fingerprint density at radius 2 is 1.30 bits per heavy atom. The van der Waals surface area contributed by atoms with Crippen LogP contribution in [0.2, 0.25) is 19.6 Å². The van der Waals surface area contributed by atoms with Crippen molar-refractivity contribution in [1.82, 2.24) is 0 Å². The first-order chi connectivity index (χ1) is 12.7. The molecule has 2 aromatic carbocycles. The van der Waals surface area contributed by atoms with Gasteiger partial charge in [-0.2, -0.15) is 6.08 Å². The van der Waals surface area contributed by atoms with Gasteiger partial charge in [0, 0.05) is 0 Å². The standard InChI is InChI=1S/2C6H6O.C5H5.C3H10NSi.C2H2.Zr/c2*7-6-4-2-1-3-5-6;1-2-4-5-3-1;1-5(2,3)4;1-2;/h2*1-5,7H;1-3H,4H2;4H,1-3H3;1H2;/q;;2*-1;;+2. The minimum Gasteiger partial charge on any atom is -0.680 e. The van der Waals surface area contributed by atoms with Gasteiger partial charge in [-0.3, -0.25) is 6.08 Å². The molecule has 0 saturated heterocycles. The topological polar surface area (TPSA) is 64.3 Å². The number of phenolic OH excluding ortho intramolecular Hbond substituents is 2. The summed E-state index contributed by atoms with van der Waals surface area (Å²) in [5.41, 5.74) is 0. The summed E-state index contributed by atoms with van der Waals surface area (Å²) in [7, 11) is -1.36. The van der Waals surface area contributed by atoms with Crippen LogP contribution in [0.5, 0.6) is 11.5 Å². The maximum atomic E-state index is 8.63. The first kappa shape index (κ1) is 27.4. The van der Waals surface area contributed by atoms with Gasteiger partial charge in [0.2, 0.25) is 0 Å². The maximum absolute atomic E-state index is 8.63. The molecular formula is C22H29NO2SiZr. The van der Waals surface area contributed by atoms with Gasteiger partial charge >= 0.3 is 34.2 Å². The minimum absolute atomic E-state index is 0.322. The summed E-state index contributed by atoms with van der Waals surface area (Å²) in [6, 6.07) is 17.4. The van der Waals surface area contributed by atoms with Crippen LogP contribution in [0.3, 0.4) is 0 Å². The Balaban J connectivity index is 0. The van der Waals surface area contributed by atoms with Gasteiger partial charge in [-0.05, 0) is 24.3 Å². The third-order valence-electron chi connectivity index (χ3n) is 2.10. The van der Waals surface area contributed by atoms with E-state index < -0.39 is 8.24 Å². The summed E-state index contributed by atoms with van der Waals surface area (Å²) < 4.78 is 2.59. The van der Waals surface area contributed by atoms with E-state index in [9.17, 15) is 0 Å². The molecule has 0 aromatic heterocycles. The van der Waals surface area contributed by atoms with Crippen molar-refractivity contribution >= 4 is 11.6 Å². The second-order valence-electron chi connectivity index (χ2n) is 6.10. The van der Waals surface area contributed by atoms with Gasteiger partial charge in [0.1, 0.15) is 11.5 Å². The first-order valence-electron chi connectivity index (χ1n) is 8.34. The van der Waals surface area contributed by atoms with Crippen LogP contribution in [0.4, 0.5) is 0 Å². The van der Waals surface area contributed by atoms with Crippen molar-refractivity contribution in [2.24, 2.45) is 0 Å². The molecule has 142 valence electrons. The Hall–Kier alpha value is -1.77. The van der Waals surface area contributed by atoms with Crippen LogP contribution in [-0.4, -0.2) is 21.8 Å². The Morgan fingerprint density at radius 3 is 1.41 bits per heavy atom. The molecule has 0 atom stereocenters. The second-order valence-corrected chi connectivity index (χ2v) is 11.5. The first-order valence-corrected chi connectivity index (χ1v) is 13.1. The molecule has 0 aliphatic heterocycles. The third kappa shape index (κ3) is 32.4. The number of nitrogens with one attached hydrogen (secondary N) is 1. The summed E-state index contributed by atoms with van der Waals surface area (Å²) in [6.07, 6.45) is 10.0. The SMILES string of the molecule is C=[C]=[Zr+2].C[Si](C)(C)[NH-].Oc1ccccc1.Oc1ccccc1.[C-]1=CC=CC1. The molecule has 1 aliphatic carbocycles. The fraction of sp³-hybridized carbons (Fsp3) is 0.182. The van der Waals surface area contributed by atoms with Crippen LogP contribution < -0.4 is 0 Å². The van der Waals surface area contributed by atoms with Crippen LogP contribution in [0.25, 0.3) is 5.40 Å². The molecule has 0 bridgehead atoms. The van der Waals surface area contributed by atoms with E-state index in [0.717, 1.165) is 6.42 Å². The molecular weight excluding hydrogens is 430 g/mol.